The number of hydrogen-bond donors (Lipinski definition) is 1. The summed E-state index contributed by atoms with van der Waals surface area (Å²) in [5, 5.41) is 3.44. The molecule has 0 spiro atoms. The topological polar surface area (TPSA) is 29.1 Å². The molecular weight excluding hydrogens is 186 g/mol. The van der Waals surface area contributed by atoms with Crippen molar-refractivity contribution in [2.75, 3.05) is 0 Å². The molecule has 0 aromatic heterocycles. The summed E-state index contributed by atoms with van der Waals surface area (Å²) >= 11 is 0. The Morgan fingerprint density at radius 3 is 1.60 bits per heavy atom. The van der Waals surface area contributed by atoms with Gasteiger partial charge in [0.25, 0.3) is 0 Å². The van der Waals surface area contributed by atoms with Gasteiger partial charge in [0.15, 0.2) is 0 Å². The number of aldehydes is 1. The van der Waals surface area contributed by atoms with Gasteiger partial charge in [-0.25, -0.2) is 0 Å². The van der Waals surface area contributed by atoms with Gasteiger partial charge in [0.05, 0.1) is 5.54 Å². The van der Waals surface area contributed by atoms with E-state index in [-0.39, 0.29) is 5.54 Å². The number of carbonyl (C=O) groups excluding carboxylic acids is 1. The molecule has 0 amide bonds. The lowest BCUT2D eigenvalue weighted by Crippen LogP contribution is -2.51. The largest absolute Gasteiger partial charge is 0.303 e. The molecule has 0 radical (unpaired) electrons. The first-order valence-electron chi connectivity index (χ1n) is 6.05. The molecule has 0 aliphatic carbocycles. The smallest absolute Gasteiger partial charge is 0.140 e. The number of rotatable bonds is 7. The van der Waals surface area contributed by atoms with Crippen molar-refractivity contribution in [1.82, 2.24) is 5.32 Å². The van der Waals surface area contributed by atoms with Crippen LogP contribution < -0.4 is 5.32 Å². The standard InChI is InChI=1S/C13H27NO/c1-10(2)7-13(9-15,8-11(3)4)14-12(5)6/h9-12,14H,7-8H2,1-6H3. The van der Waals surface area contributed by atoms with E-state index in [9.17, 15) is 4.79 Å². The van der Waals surface area contributed by atoms with Gasteiger partial charge in [-0.05, 0) is 38.5 Å². The highest BCUT2D eigenvalue weighted by Gasteiger charge is 2.31. The molecule has 0 aliphatic heterocycles. The van der Waals surface area contributed by atoms with E-state index in [1.165, 1.54) is 0 Å². The fourth-order valence-electron chi connectivity index (χ4n) is 2.36. The highest BCUT2D eigenvalue weighted by atomic mass is 16.1. The van der Waals surface area contributed by atoms with Crippen molar-refractivity contribution in [3.05, 3.63) is 0 Å². The molecule has 0 atom stereocenters. The van der Waals surface area contributed by atoms with Gasteiger partial charge in [0.2, 0.25) is 0 Å². The van der Waals surface area contributed by atoms with E-state index in [1.807, 2.05) is 0 Å². The molecular formula is C13H27NO. The molecule has 0 aliphatic rings. The Morgan fingerprint density at radius 2 is 1.40 bits per heavy atom. The van der Waals surface area contributed by atoms with Crippen LogP contribution in [-0.4, -0.2) is 17.9 Å². The quantitative estimate of drug-likeness (QED) is 0.659. The first-order valence-corrected chi connectivity index (χ1v) is 6.05. The van der Waals surface area contributed by atoms with Crippen molar-refractivity contribution < 1.29 is 4.79 Å². The van der Waals surface area contributed by atoms with E-state index in [2.05, 4.69) is 46.9 Å². The molecule has 15 heavy (non-hydrogen) atoms. The van der Waals surface area contributed by atoms with Crippen LogP contribution in [0.1, 0.15) is 54.4 Å². The second-order valence-electron chi connectivity index (χ2n) is 5.77. The number of carbonyl (C=O) groups is 1. The predicted molar refractivity (Wildman–Crippen MR) is 66.0 cm³/mol. The maximum absolute atomic E-state index is 11.4. The van der Waals surface area contributed by atoms with Gasteiger partial charge in [-0.3, -0.25) is 0 Å². The molecule has 0 unspecified atom stereocenters. The van der Waals surface area contributed by atoms with Gasteiger partial charge in [-0.2, -0.15) is 0 Å². The lowest BCUT2D eigenvalue weighted by Gasteiger charge is -2.34. The summed E-state index contributed by atoms with van der Waals surface area (Å²) < 4.78 is 0. The molecule has 0 fully saturated rings. The molecule has 1 N–H and O–H groups in total. The van der Waals surface area contributed by atoms with Crippen molar-refractivity contribution in [2.24, 2.45) is 11.8 Å². The summed E-state index contributed by atoms with van der Waals surface area (Å²) in [6.45, 7) is 12.9. The zero-order chi connectivity index (χ0) is 12.1. The van der Waals surface area contributed by atoms with Crippen LogP contribution in [0.25, 0.3) is 0 Å². The molecule has 2 heteroatoms. The second kappa shape index (κ2) is 6.26. The van der Waals surface area contributed by atoms with Gasteiger partial charge >= 0.3 is 0 Å². The summed E-state index contributed by atoms with van der Waals surface area (Å²) in [4.78, 5) is 11.4. The minimum Gasteiger partial charge on any atom is -0.303 e. The lowest BCUT2D eigenvalue weighted by atomic mass is 9.82. The van der Waals surface area contributed by atoms with E-state index < -0.39 is 0 Å². The summed E-state index contributed by atoms with van der Waals surface area (Å²) in [5.74, 6) is 1.08. The van der Waals surface area contributed by atoms with Crippen LogP contribution in [0.3, 0.4) is 0 Å². The molecule has 0 bridgehead atoms. The van der Waals surface area contributed by atoms with Gasteiger partial charge in [0.1, 0.15) is 6.29 Å². The Labute approximate surface area is 94.8 Å². The Bertz CT molecular complexity index is 158. The summed E-state index contributed by atoms with van der Waals surface area (Å²) in [7, 11) is 0. The minimum atomic E-state index is -0.323. The van der Waals surface area contributed by atoms with Crippen LogP contribution in [0.2, 0.25) is 0 Å². The third kappa shape index (κ3) is 5.93. The lowest BCUT2D eigenvalue weighted by molar-refractivity contribution is -0.115. The molecule has 0 saturated heterocycles. The zero-order valence-electron chi connectivity index (χ0n) is 11.1. The predicted octanol–water partition coefficient (Wildman–Crippen LogP) is 3.01. The number of hydrogen-bond acceptors (Lipinski definition) is 2. The molecule has 0 aromatic carbocycles. The van der Waals surface area contributed by atoms with E-state index in [4.69, 9.17) is 0 Å². The Balaban J connectivity index is 4.66. The monoisotopic (exact) mass is 213 g/mol. The highest BCUT2D eigenvalue weighted by Crippen LogP contribution is 2.23. The third-order valence-electron chi connectivity index (χ3n) is 2.35. The van der Waals surface area contributed by atoms with Crippen molar-refractivity contribution >= 4 is 6.29 Å². The van der Waals surface area contributed by atoms with E-state index in [0.29, 0.717) is 17.9 Å². The first kappa shape index (κ1) is 14.6. The zero-order valence-corrected chi connectivity index (χ0v) is 11.1. The highest BCUT2D eigenvalue weighted by molar-refractivity contribution is 5.64. The molecule has 0 rings (SSSR count). The first-order chi connectivity index (χ1) is 6.81. The maximum Gasteiger partial charge on any atom is 0.140 e. The van der Waals surface area contributed by atoms with Crippen molar-refractivity contribution in [3.63, 3.8) is 0 Å². The van der Waals surface area contributed by atoms with Crippen LogP contribution in [0.4, 0.5) is 0 Å². The fraction of sp³-hybridized carbons (Fsp3) is 0.923. The van der Waals surface area contributed by atoms with Gasteiger partial charge in [-0.15, -0.1) is 0 Å². The van der Waals surface area contributed by atoms with Crippen LogP contribution in [-0.2, 0) is 4.79 Å². The Kier molecular flexibility index (Phi) is 6.11. The second-order valence-corrected chi connectivity index (χ2v) is 5.77. The summed E-state index contributed by atoms with van der Waals surface area (Å²) in [6.07, 6.45) is 2.96. The van der Waals surface area contributed by atoms with Gasteiger partial charge < -0.3 is 10.1 Å². The maximum atomic E-state index is 11.4. The normalized spacial score (nSPS) is 12.9. The Morgan fingerprint density at radius 1 is 1.00 bits per heavy atom. The molecule has 2 nitrogen and oxygen atoms in total. The average molecular weight is 213 g/mol. The third-order valence-corrected chi connectivity index (χ3v) is 2.35. The van der Waals surface area contributed by atoms with Crippen LogP contribution in [0.15, 0.2) is 0 Å². The number of nitrogens with one attached hydrogen (secondary N) is 1. The van der Waals surface area contributed by atoms with E-state index >= 15 is 0 Å². The van der Waals surface area contributed by atoms with E-state index in [0.717, 1.165) is 19.1 Å². The van der Waals surface area contributed by atoms with Gasteiger partial charge in [-0.1, -0.05) is 27.7 Å². The fourth-order valence-corrected chi connectivity index (χ4v) is 2.36. The minimum absolute atomic E-state index is 0.323. The molecule has 0 saturated carbocycles. The summed E-state index contributed by atoms with van der Waals surface area (Å²) in [6, 6.07) is 0.354. The Hall–Kier alpha value is -0.370. The molecule has 90 valence electrons. The van der Waals surface area contributed by atoms with E-state index in [1.54, 1.807) is 0 Å². The summed E-state index contributed by atoms with van der Waals surface area (Å²) in [5.41, 5.74) is -0.323. The van der Waals surface area contributed by atoms with Gasteiger partial charge in [0, 0.05) is 6.04 Å². The van der Waals surface area contributed by atoms with Crippen LogP contribution >= 0.6 is 0 Å². The van der Waals surface area contributed by atoms with Crippen molar-refractivity contribution in [2.45, 2.75) is 66.0 Å². The molecule has 0 heterocycles. The van der Waals surface area contributed by atoms with Crippen molar-refractivity contribution in [1.29, 1.82) is 0 Å². The van der Waals surface area contributed by atoms with Crippen LogP contribution in [0.5, 0.6) is 0 Å². The SMILES string of the molecule is CC(C)CC(C=O)(CC(C)C)NC(C)C. The van der Waals surface area contributed by atoms with Crippen molar-refractivity contribution in [3.8, 4) is 0 Å². The molecule has 0 aromatic rings. The van der Waals surface area contributed by atoms with Crippen LogP contribution in [0, 0.1) is 11.8 Å². The average Bonchev–Trinajstić information content (AvgIpc) is 1.99.